The Morgan fingerprint density at radius 3 is 2.54 bits per heavy atom. The number of thioether (sulfide) groups is 1. The molecule has 1 aliphatic rings. The molecule has 0 saturated heterocycles. The lowest BCUT2D eigenvalue weighted by atomic mass is 10.3. The van der Waals surface area contributed by atoms with E-state index >= 15 is 0 Å². The number of aromatic nitrogens is 3. The molecule has 0 amide bonds. The maximum atomic E-state index is 4.33. The summed E-state index contributed by atoms with van der Waals surface area (Å²) in [6.07, 6.45) is 8.21. The van der Waals surface area contributed by atoms with Gasteiger partial charge >= 0.3 is 0 Å². The molecular formula is C18H27IN6S. The number of hydrogen-bond acceptors (Lipinski definition) is 4. The van der Waals surface area contributed by atoms with Crippen molar-refractivity contribution in [3.05, 3.63) is 43.0 Å². The minimum atomic E-state index is 0. The van der Waals surface area contributed by atoms with Crippen LogP contribution < -0.4 is 10.6 Å². The van der Waals surface area contributed by atoms with Crippen LogP contribution in [0, 0.1) is 0 Å². The number of aliphatic imine (C=N–C) groups is 1. The molecule has 0 spiro atoms. The van der Waals surface area contributed by atoms with Crippen LogP contribution >= 0.6 is 35.7 Å². The Morgan fingerprint density at radius 2 is 1.88 bits per heavy atom. The second-order valence-corrected chi connectivity index (χ2v) is 7.90. The second-order valence-electron chi connectivity index (χ2n) is 6.36. The molecule has 1 aliphatic carbocycles. The molecule has 0 bridgehead atoms. The number of aryl methyl sites for hydroxylation is 1. The van der Waals surface area contributed by atoms with Crippen molar-refractivity contribution in [2.75, 3.05) is 20.1 Å². The van der Waals surface area contributed by atoms with E-state index in [1.54, 1.807) is 12.7 Å². The van der Waals surface area contributed by atoms with Crippen LogP contribution in [0.5, 0.6) is 0 Å². The largest absolute Gasteiger partial charge is 0.356 e. The van der Waals surface area contributed by atoms with Gasteiger partial charge in [-0.25, -0.2) is 0 Å². The van der Waals surface area contributed by atoms with Gasteiger partial charge in [0, 0.05) is 36.3 Å². The summed E-state index contributed by atoms with van der Waals surface area (Å²) in [6.45, 7) is 2.82. The van der Waals surface area contributed by atoms with Gasteiger partial charge in [-0.2, -0.15) is 0 Å². The van der Waals surface area contributed by atoms with Crippen LogP contribution in [-0.4, -0.2) is 45.6 Å². The average molecular weight is 486 g/mol. The number of hydrogen-bond donors (Lipinski definition) is 2. The summed E-state index contributed by atoms with van der Waals surface area (Å²) in [4.78, 5) is 5.68. The van der Waals surface area contributed by atoms with E-state index in [-0.39, 0.29) is 24.0 Å². The van der Waals surface area contributed by atoms with Gasteiger partial charge in [-0.3, -0.25) is 4.99 Å². The van der Waals surface area contributed by atoms with Crippen LogP contribution in [0.3, 0.4) is 0 Å². The van der Waals surface area contributed by atoms with Gasteiger partial charge in [0.25, 0.3) is 0 Å². The lowest BCUT2D eigenvalue weighted by Gasteiger charge is -2.18. The molecule has 0 atom stereocenters. The lowest BCUT2D eigenvalue weighted by Crippen LogP contribution is -2.41. The molecule has 3 rings (SSSR count). The van der Waals surface area contributed by atoms with Gasteiger partial charge in [0.1, 0.15) is 12.7 Å². The highest BCUT2D eigenvalue weighted by Gasteiger charge is 2.43. The maximum absolute atomic E-state index is 4.33. The van der Waals surface area contributed by atoms with Crippen LogP contribution in [0.25, 0.3) is 0 Å². The fourth-order valence-corrected chi connectivity index (χ4v) is 3.87. The number of halogens is 1. The Labute approximate surface area is 176 Å². The molecule has 1 aromatic heterocycles. The van der Waals surface area contributed by atoms with E-state index < -0.39 is 0 Å². The molecule has 142 valence electrons. The molecule has 0 aliphatic heterocycles. The highest BCUT2D eigenvalue weighted by Crippen LogP contribution is 2.51. The van der Waals surface area contributed by atoms with Gasteiger partial charge < -0.3 is 15.2 Å². The van der Waals surface area contributed by atoms with E-state index in [4.69, 9.17) is 0 Å². The van der Waals surface area contributed by atoms with Gasteiger partial charge in [-0.15, -0.1) is 45.9 Å². The third-order valence-electron chi connectivity index (χ3n) is 4.29. The zero-order valence-electron chi connectivity index (χ0n) is 15.1. The second kappa shape index (κ2) is 10.8. The summed E-state index contributed by atoms with van der Waals surface area (Å²) in [7, 11) is 1.83. The first kappa shape index (κ1) is 21.0. The lowest BCUT2D eigenvalue weighted by molar-refractivity contribution is 0.597. The van der Waals surface area contributed by atoms with Crippen molar-refractivity contribution in [1.82, 2.24) is 25.4 Å². The minimum Gasteiger partial charge on any atom is -0.356 e. The molecule has 1 aromatic carbocycles. The fraction of sp³-hybridized carbons (Fsp3) is 0.500. The Hall–Kier alpha value is -1.29. The molecular weight excluding hydrogens is 459 g/mol. The van der Waals surface area contributed by atoms with Crippen molar-refractivity contribution >= 4 is 41.7 Å². The third-order valence-corrected chi connectivity index (χ3v) is 5.78. The minimum absolute atomic E-state index is 0. The molecule has 8 heteroatoms. The van der Waals surface area contributed by atoms with Crippen molar-refractivity contribution in [3.8, 4) is 0 Å². The van der Waals surface area contributed by atoms with Gasteiger partial charge in [0.15, 0.2) is 5.96 Å². The van der Waals surface area contributed by atoms with Crippen LogP contribution in [0.15, 0.2) is 52.9 Å². The quantitative estimate of drug-likeness (QED) is 0.247. The summed E-state index contributed by atoms with van der Waals surface area (Å²) in [5.41, 5.74) is 0. The molecule has 1 heterocycles. The van der Waals surface area contributed by atoms with Crippen molar-refractivity contribution in [2.45, 2.75) is 41.9 Å². The number of nitrogens with one attached hydrogen (secondary N) is 2. The summed E-state index contributed by atoms with van der Waals surface area (Å²) in [5, 5.41) is 14.5. The van der Waals surface area contributed by atoms with E-state index in [1.807, 2.05) is 23.4 Å². The Kier molecular flexibility index (Phi) is 8.70. The van der Waals surface area contributed by atoms with E-state index in [0.717, 1.165) is 38.4 Å². The normalized spacial score (nSPS) is 15.2. The highest BCUT2D eigenvalue weighted by molar-refractivity contribution is 14.0. The van der Waals surface area contributed by atoms with Gasteiger partial charge in [-0.05, 0) is 37.8 Å². The Morgan fingerprint density at radius 1 is 1.15 bits per heavy atom. The van der Waals surface area contributed by atoms with Crippen molar-refractivity contribution in [2.24, 2.45) is 4.99 Å². The SMILES string of the molecule is CN=C(NCCCCn1cnnc1)NCC1(Sc2ccccc2)CC1.I. The van der Waals surface area contributed by atoms with Crippen molar-refractivity contribution in [1.29, 1.82) is 0 Å². The molecule has 2 N–H and O–H groups in total. The standard InChI is InChI=1S/C18H26N6S.HI/c1-19-17(20-11-5-6-12-24-14-22-23-15-24)21-13-18(9-10-18)25-16-7-3-2-4-8-16;/h2-4,7-8,14-15H,5-6,9-13H2,1H3,(H2,19,20,21);1H. The molecule has 0 radical (unpaired) electrons. The van der Waals surface area contributed by atoms with Crippen molar-refractivity contribution in [3.63, 3.8) is 0 Å². The van der Waals surface area contributed by atoms with Crippen LogP contribution in [0.1, 0.15) is 25.7 Å². The Bertz CT molecular complexity index is 658. The molecule has 1 saturated carbocycles. The first-order chi connectivity index (χ1) is 12.3. The number of rotatable bonds is 9. The molecule has 0 unspecified atom stereocenters. The number of unbranched alkanes of at least 4 members (excludes halogenated alkanes) is 1. The van der Waals surface area contributed by atoms with Gasteiger partial charge in [-0.1, -0.05) is 18.2 Å². The average Bonchev–Trinajstić information content (AvgIpc) is 3.19. The van der Waals surface area contributed by atoms with E-state index in [9.17, 15) is 0 Å². The molecule has 26 heavy (non-hydrogen) atoms. The molecule has 2 aromatic rings. The molecule has 6 nitrogen and oxygen atoms in total. The van der Waals surface area contributed by atoms with Crippen LogP contribution in [0.2, 0.25) is 0 Å². The topological polar surface area (TPSA) is 67.1 Å². The van der Waals surface area contributed by atoms with Crippen LogP contribution in [0.4, 0.5) is 0 Å². The number of benzene rings is 1. The monoisotopic (exact) mass is 486 g/mol. The predicted octanol–water partition coefficient (Wildman–Crippen LogP) is 3.17. The van der Waals surface area contributed by atoms with E-state index in [2.05, 4.69) is 56.2 Å². The first-order valence-electron chi connectivity index (χ1n) is 8.81. The number of nitrogens with zero attached hydrogens (tertiary/aromatic N) is 4. The van der Waals surface area contributed by atoms with E-state index in [1.165, 1.54) is 17.7 Å². The highest BCUT2D eigenvalue weighted by atomic mass is 127. The smallest absolute Gasteiger partial charge is 0.191 e. The summed E-state index contributed by atoms with van der Waals surface area (Å²) in [5.74, 6) is 0.893. The summed E-state index contributed by atoms with van der Waals surface area (Å²) >= 11 is 1.98. The van der Waals surface area contributed by atoms with E-state index in [0.29, 0.717) is 4.75 Å². The predicted molar refractivity (Wildman–Crippen MR) is 118 cm³/mol. The van der Waals surface area contributed by atoms with Gasteiger partial charge in [0.2, 0.25) is 0 Å². The first-order valence-corrected chi connectivity index (χ1v) is 9.62. The van der Waals surface area contributed by atoms with Crippen molar-refractivity contribution < 1.29 is 0 Å². The van der Waals surface area contributed by atoms with Crippen LogP contribution in [-0.2, 0) is 6.54 Å². The summed E-state index contributed by atoms with van der Waals surface area (Å²) < 4.78 is 2.33. The molecule has 1 fully saturated rings. The Balaban J connectivity index is 0.00000243. The number of guanidine groups is 1. The third kappa shape index (κ3) is 6.79. The zero-order valence-corrected chi connectivity index (χ0v) is 18.2. The zero-order chi connectivity index (χ0) is 17.4. The fourth-order valence-electron chi connectivity index (χ4n) is 2.62. The van der Waals surface area contributed by atoms with Gasteiger partial charge in [0.05, 0.1) is 0 Å². The summed E-state index contributed by atoms with van der Waals surface area (Å²) in [6, 6.07) is 10.6. The maximum Gasteiger partial charge on any atom is 0.191 e.